The first-order valence-electron chi connectivity index (χ1n) is 20.6. The molecular formula is C43H76O2. The molecule has 0 saturated heterocycles. The summed E-state index contributed by atoms with van der Waals surface area (Å²) in [5, 5.41) is 0. The molecule has 4 aliphatic carbocycles. The quantitative estimate of drug-likeness (QED) is 0.0995. The number of allylic oxidation sites excluding steroid dienone is 2. The smallest absolute Gasteiger partial charge is 0.310 e. The number of rotatable bonds is 20. The van der Waals surface area contributed by atoms with Gasteiger partial charge in [0.2, 0.25) is 0 Å². The standard InChI is InChI=1S/C43H76O2/c1-7-8-9-10-11-12-13-14-15-16-17-18-19-23-41(44)45-36-28-30-42(5)35(32-36)24-25-37-39-27-26-38(34(4)22-20-21-33(2)3)43(39,6)31-29-40(37)42/h32-35,37-40H,7-31H2,1-6H3/t34-,35+,37+,38-,39+,40+,42+,43-/m1/s1. The van der Waals surface area contributed by atoms with Crippen molar-refractivity contribution >= 4 is 5.97 Å². The summed E-state index contributed by atoms with van der Waals surface area (Å²) < 4.78 is 6.02. The van der Waals surface area contributed by atoms with Crippen LogP contribution >= 0.6 is 0 Å². The van der Waals surface area contributed by atoms with E-state index in [1.54, 1.807) is 0 Å². The average Bonchev–Trinajstić information content (AvgIpc) is 3.37. The molecule has 0 aromatic heterocycles. The Morgan fingerprint density at radius 1 is 0.733 bits per heavy atom. The number of carbonyl (C=O) groups excluding carboxylic acids is 1. The van der Waals surface area contributed by atoms with E-state index < -0.39 is 0 Å². The van der Waals surface area contributed by atoms with Crippen LogP contribution in [0.25, 0.3) is 0 Å². The number of carbonyl (C=O) groups is 1. The summed E-state index contributed by atoms with van der Waals surface area (Å²) in [6.07, 6.45) is 35.4. The van der Waals surface area contributed by atoms with E-state index in [1.165, 1.54) is 141 Å². The first kappa shape index (κ1) is 37.0. The molecule has 8 atom stereocenters. The molecule has 4 aliphatic rings. The van der Waals surface area contributed by atoms with Crippen LogP contribution in [-0.4, -0.2) is 5.97 Å². The van der Waals surface area contributed by atoms with Crippen LogP contribution in [0, 0.1) is 52.3 Å². The third-order valence-corrected chi connectivity index (χ3v) is 14.2. The van der Waals surface area contributed by atoms with Crippen molar-refractivity contribution in [1.82, 2.24) is 0 Å². The van der Waals surface area contributed by atoms with Crippen LogP contribution in [0.1, 0.15) is 202 Å². The minimum absolute atomic E-state index is 0.0227. The number of esters is 1. The number of fused-ring (bicyclic) bond motifs is 5. The molecule has 45 heavy (non-hydrogen) atoms. The maximum Gasteiger partial charge on any atom is 0.310 e. The fourth-order valence-corrected chi connectivity index (χ4v) is 11.4. The highest BCUT2D eigenvalue weighted by molar-refractivity contribution is 5.70. The second-order valence-corrected chi connectivity index (χ2v) is 17.7. The van der Waals surface area contributed by atoms with Gasteiger partial charge in [-0.2, -0.15) is 0 Å². The van der Waals surface area contributed by atoms with E-state index in [1.807, 2.05) is 0 Å². The maximum absolute atomic E-state index is 12.8. The van der Waals surface area contributed by atoms with Crippen molar-refractivity contribution in [2.75, 3.05) is 0 Å². The van der Waals surface area contributed by atoms with Gasteiger partial charge in [0.05, 0.1) is 0 Å². The van der Waals surface area contributed by atoms with Gasteiger partial charge < -0.3 is 4.74 Å². The number of ether oxygens (including phenoxy) is 1. The fraction of sp³-hybridized carbons (Fsp3) is 0.930. The lowest BCUT2D eigenvalue weighted by Crippen LogP contribution is -2.52. The Balaban J connectivity index is 1.15. The molecule has 0 spiro atoms. The summed E-state index contributed by atoms with van der Waals surface area (Å²) in [6, 6.07) is 0. The first-order chi connectivity index (χ1) is 21.7. The molecule has 260 valence electrons. The third kappa shape index (κ3) is 9.87. The number of hydrogen-bond acceptors (Lipinski definition) is 2. The van der Waals surface area contributed by atoms with Crippen LogP contribution in [0.3, 0.4) is 0 Å². The van der Waals surface area contributed by atoms with Gasteiger partial charge in [-0.15, -0.1) is 0 Å². The van der Waals surface area contributed by atoms with Crippen LogP contribution < -0.4 is 0 Å². The second-order valence-electron chi connectivity index (χ2n) is 17.7. The molecule has 4 rings (SSSR count). The monoisotopic (exact) mass is 625 g/mol. The molecule has 0 N–H and O–H groups in total. The van der Waals surface area contributed by atoms with Gasteiger partial charge in [0, 0.05) is 12.8 Å². The Hall–Kier alpha value is -0.790. The summed E-state index contributed by atoms with van der Waals surface area (Å²) >= 11 is 0. The largest absolute Gasteiger partial charge is 0.431 e. The van der Waals surface area contributed by atoms with Crippen LogP contribution in [0.4, 0.5) is 0 Å². The van der Waals surface area contributed by atoms with Crippen molar-refractivity contribution in [2.24, 2.45) is 52.3 Å². The first-order valence-corrected chi connectivity index (χ1v) is 20.6. The minimum Gasteiger partial charge on any atom is -0.431 e. The lowest BCUT2D eigenvalue weighted by Gasteiger charge is -2.60. The van der Waals surface area contributed by atoms with Crippen molar-refractivity contribution in [3.8, 4) is 0 Å². The Bertz CT molecular complexity index is 904. The zero-order valence-electron chi connectivity index (χ0n) is 31.1. The third-order valence-electron chi connectivity index (χ3n) is 14.2. The predicted octanol–water partition coefficient (Wildman–Crippen LogP) is 13.6. The zero-order valence-corrected chi connectivity index (χ0v) is 31.1. The highest BCUT2D eigenvalue weighted by atomic mass is 16.5. The van der Waals surface area contributed by atoms with Crippen molar-refractivity contribution in [3.05, 3.63) is 11.8 Å². The van der Waals surface area contributed by atoms with Crippen molar-refractivity contribution < 1.29 is 9.53 Å². The van der Waals surface area contributed by atoms with Crippen LogP contribution in [0.15, 0.2) is 11.8 Å². The van der Waals surface area contributed by atoms with E-state index >= 15 is 0 Å². The second kappa shape index (κ2) is 18.1. The molecule has 0 bridgehead atoms. The van der Waals surface area contributed by atoms with Gasteiger partial charge in [0.25, 0.3) is 0 Å². The molecule has 2 nitrogen and oxygen atoms in total. The topological polar surface area (TPSA) is 26.3 Å². The lowest BCUT2D eigenvalue weighted by atomic mass is 9.45. The van der Waals surface area contributed by atoms with Crippen molar-refractivity contribution in [1.29, 1.82) is 0 Å². The molecule has 0 heterocycles. The SMILES string of the molecule is CCCCCCCCCCCCCCCC(=O)OC1=C[C@@H]2CC[C@@H]3[C@H](CC[C@]4(C)[C@@H]([C@H](C)CCCC(C)C)CC[C@@H]34)[C@@]2(C)CC1. The Morgan fingerprint density at radius 3 is 2.00 bits per heavy atom. The number of unbranched alkanes of at least 4 members (excludes halogenated alkanes) is 12. The summed E-state index contributed by atoms with van der Waals surface area (Å²) in [6.45, 7) is 15.0. The maximum atomic E-state index is 12.8. The van der Waals surface area contributed by atoms with Crippen LogP contribution in [-0.2, 0) is 9.53 Å². The molecule has 0 aromatic carbocycles. The highest BCUT2D eigenvalue weighted by Gasteiger charge is 2.60. The molecular weight excluding hydrogens is 548 g/mol. The van der Waals surface area contributed by atoms with Crippen molar-refractivity contribution in [2.45, 2.75) is 202 Å². The van der Waals surface area contributed by atoms with Gasteiger partial charge in [-0.1, -0.05) is 138 Å². The fourth-order valence-electron chi connectivity index (χ4n) is 11.4. The van der Waals surface area contributed by atoms with E-state index in [2.05, 4.69) is 47.6 Å². The summed E-state index contributed by atoms with van der Waals surface area (Å²) in [4.78, 5) is 12.8. The summed E-state index contributed by atoms with van der Waals surface area (Å²) in [5.74, 6) is 7.02. The van der Waals surface area contributed by atoms with Crippen LogP contribution in [0.5, 0.6) is 0 Å². The molecule has 2 heteroatoms. The van der Waals surface area contributed by atoms with E-state index in [0.29, 0.717) is 23.2 Å². The lowest BCUT2D eigenvalue weighted by molar-refractivity contribution is -0.141. The summed E-state index contributed by atoms with van der Waals surface area (Å²) in [7, 11) is 0. The van der Waals surface area contributed by atoms with E-state index in [4.69, 9.17) is 4.74 Å². The van der Waals surface area contributed by atoms with E-state index in [9.17, 15) is 4.79 Å². The van der Waals surface area contributed by atoms with Gasteiger partial charge in [0.15, 0.2) is 0 Å². The summed E-state index contributed by atoms with van der Waals surface area (Å²) in [5.41, 5.74) is 0.969. The Labute approximate surface area is 281 Å². The average molecular weight is 625 g/mol. The Morgan fingerprint density at radius 2 is 1.36 bits per heavy atom. The molecule has 0 unspecified atom stereocenters. The molecule has 0 amide bonds. The van der Waals surface area contributed by atoms with Gasteiger partial charge in [-0.25, -0.2) is 0 Å². The molecule has 0 radical (unpaired) electrons. The molecule has 0 aromatic rings. The Kier molecular flexibility index (Phi) is 14.9. The van der Waals surface area contributed by atoms with E-state index in [0.717, 1.165) is 54.1 Å². The molecule has 3 saturated carbocycles. The minimum atomic E-state index is 0.0227. The normalized spacial score (nSPS) is 33.3. The molecule has 3 fully saturated rings. The van der Waals surface area contributed by atoms with Gasteiger partial charge in [0.1, 0.15) is 5.76 Å². The molecule has 0 aliphatic heterocycles. The zero-order chi connectivity index (χ0) is 32.3. The predicted molar refractivity (Wildman–Crippen MR) is 193 cm³/mol. The van der Waals surface area contributed by atoms with Gasteiger partial charge >= 0.3 is 5.97 Å². The van der Waals surface area contributed by atoms with E-state index in [-0.39, 0.29) is 5.97 Å². The van der Waals surface area contributed by atoms with Crippen LogP contribution in [0.2, 0.25) is 0 Å². The van der Waals surface area contributed by atoms with Crippen molar-refractivity contribution in [3.63, 3.8) is 0 Å². The van der Waals surface area contributed by atoms with Gasteiger partial charge in [-0.05, 0) is 110 Å². The number of hydrogen-bond donors (Lipinski definition) is 0. The highest BCUT2D eigenvalue weighted by Crippen LogP contribution is 2.68. The van der Waals surface area contributed by atoms with Gasteiger partial charge in [-0.3, -0.25) is 4.79 Å².